The average Bonchev–Trinajstić information content (AvgIpc) is 2.29. The topological polar surface area (TPSA) is 62.2 Å². The molecule has 1 aromatic heterocycles. The van der Waals surface area contributed by atoms with Crippen molar-refractivity contribution >= 4 is 5.91 Å². The van der Waals surface area contributed by atoms with Crippen LogP contribution in [0.5, 0.6) is 0 Å². The Morgan fingerprint density at radius 2 is 2.19 bits per heavy atom. The number of hydrogen-bond donors (Lipinski definition) is 2. The van der Waals surface area contributed by atoms with E-state index in [-0.39, 0.29) is 18.2 Å². The molecule has 0 fully saturated rings. The number of pyridine rings is 1. The molecular weight excluding hydrogens is 211 g/mol. The minimum Gasteiger partial charge on any atom is -0.396 e. The molecule has 88 valence electrons. The lowest BCUT2D eigenvalue weighted by molar-refractivity contribution is 0.0948. The van der Waals surface area contributed by atoms with Crippen LogP contribution in [0, 0.1) is 5.82 Å². The molecule has 0 spiro atoms. The van der Waals surface area contributed by atoms with Crippen molar-refractivity contribution in [1.82, 2.24) is 10.3 Å². The first-order valence-corrected chi connectivity index (χ1v) is 5.24. The molecule has 1 rings (SSSR count). The highest BCUT2D eigenvalue weighted by Gasteiger charge is 2.05. The van der Waals surface area contributed by atoms with Crippen LogP contribution in [0.1, 0.15) is 29.8 Å². The van der Waals surface area contributed by atoms with Crippen LogP contribution in [0.3, 0.4) is 0 Å². The Labute approximate surface area is 93.5 Å². The lowest BCUT2D eigenvalue weighted by atomic mass is 10.2. The standard InChI is InChI=1S/C11H15FN2O2/c12-9-4-5-10(14-8-9)11(16)13-6-2-1-3-7-15/h4-5,8,15H,1-3,6-7H2,(H,13,16). The van der Waals surface area contributed by atoms with Crippen molar-refractivity contribution in [3.8, 4) is 0 Å². The van der Waals surface area contributed by atoms with Gasteiger partial charge in [-0.3, -0.25) is 4.79 Å². The first-order chi connectivity index (χ1) is 7.74. The minimum absolute atomic E-state index is 0.174. The molecule has 0 unspecified atom stereocenters. The quantitative estimate of drug-likeness (QED) is 0.714. The van der Waals surface area contributed by atoms with E-state index in [0.29, 0.717) is 6.54 Å². The summed E-state index contributed by atoms with van der Waals surface area (Å²) in [4.78, 5) is 15.1. The van der Waals surface area contributed by atoms with Crippen molar-refractivity contribution in [3.63, 3.8) is 0 Å². The van der Waals surface area contributed by atoms with Gasteiger partial charge < -0.3 is 10.4 Å². The predicted molar refractivity (Wildman–Crippen MR) is 57.5 cm³/mol. The van der Waals surface area contributed by atoms with Crippen molar-refractivity contribution in [2.24, 2.45) is 0 Å². The van der Waals surface area contributed by atoms with E-state index in [1.54, 1.807) is 0 Å². The number of carbonyl (C=O) groups excluding carboxylic acids is 1. The van der Waals surface area contributed by atoms with Gasteiger partial charge in [0.15, 0.2) is 0 Å². The molecule has 0 aromatic carbocycles. The number of nitrogens with one attached hydrogen (secondary N) is 1. The van der Waals surface area contributed by atoms with Crippen LogP contribution in [-0.4, -0.2) is 29.1 Å². The predicted octanol–water partition coefficient (Wildman–Crippen LogP) is 1.11. The van der Waals surface area contributed by atoms with Crippen LogP contribution >= 0.6 is 0 Å². The maximum absolute atomic E-state index is 12.5. The number of rotatable bonds is 6. The molecule has 0 aliphatic carbocycles. The third-order valence-electron chi connectivity index (χ3n) is 2.08. The number of amides is 1. The second-order valence-electron chi connectivity index (χ2n) is 3.40. The number of unbranched alkanes of at least 4 members (excludes halogenated alkanes) is 2. The van der Waals surface area contributed by atoms with Crippen LogP contribution in [0.15, 0.2) is 18.3 Å². The molecule has 0 bridgehead atoms. The fourth-order valence-electron chi connectivity index (χ4n) is 1.22. The van der Waals surface area contributed by atoms with Gasteiger partial charge in [0.1, 0.15) is 11.5 Å². The number of aromatic nitrogens is 1. The number of nitrogens with zero attached hydrogens (tertiary/aromatic N) is 1. The smallest absolute Gasteiger partial charge is 0.269 e. The summed E-state index contributed by atoms with van der Waals surface area (Å²) in [5.41, 5.74) is 0.212. The molecule has 0 atom stereocenters. The minimum atomic E-state index is -0.459. The molecule has 0 saturated heterocycles. The van der Waals surface area contributed by atoms with Gasteiger partial charge in [-0.1, -0.05) is 0 Å². The van der Waals surface area contributed by atoms with Crippen molar-refractivity contribution < 1.29 is 14.3 Å². The monoisotopic (exact) mass is 226 g/mol. The maximum atomic E-state index is 12.5. The van der Waals surface area contributed by atoms with Gasteiger partial charge in [-0.05, 0) is 31.4 Å². The van der Waals surface area contributed by atoms with Crippen molar-refractivity contribution in [2.45, 2.75) is 19.3 Å². The summed E-state index contributed by atoms with van der Waals surface area (Å²) in [6.07, 6.45) is 3.44. The van der Waals surface area contributed by atoms with E-state index in [1.165, 1.54) is 12.1 Å². The molecule has 16 heavy (non-hydrogen) atoms. The second kappa shape index (κ2) is 6.90. The molecular formula is C11H15FN2O2. The molecule has 0 radical (unpaired) electrons. The highest BCUT2D eigenvalue weighted by molar-refractivity contribution is 5.92. The summed E-state index contributed by atoms with van der Waals surface area (Å²) in [6, 6.07) is 2.55. The van der Waals surface area contributed by atoms with Gasteiger partial charge in [0.25, 0.3) is 5.91 Å². The summed E-state index contributed by atoms with van der Waals surface area (Å²) in [5.74, 6) is -0.761. The Morgan fingerprint density at radius 3 is 2.81 bits per heavy atom. The largest absolute Gasteiger partial charge is 0.396 e. The number of aliphatic hydroxyl groups excluding tert-OH is 1. The molecule has 4 nitrogen and oxygen atoms in total. The van der Waals surface area contributed by atoms with Crippen molar-refractivity contribution in [1.29, 1.82) is 0 Å². The summed E-state index contributed by atoms with van der Waals surface area (Å²) >= 11 is 0. The molecule has 1 aromatic rings. The Morgan fingerprint density at radius 1 is 1.38 bits per heavy atom. The lowest BCUT2D eigenvalue weighted by Gasteiger charge is -2.03. The molecule has 0 aliphatic rings. The zero-order chi connectivity index (χ0) is 11.8. The van der Waals surface area contributed by atoms with Gasteiger partial charge in [-0.15, -0.1) is 0 Å². The Balaban J connectivity index is 2.27. The normalized spacial score (nSPS) is 10.1. The number of carbonyl (C=O) groups is 1. The van der Waals surface area contributed by atoms with Crippen LogP contribution in [0.2, 0.25) is 0 Å². The first-order valence-electron chi connectivity index (χ1n) is 5.24. The van der Waals surface area contributed by atoms with Crippen LogP contribution < -0.4 is 5.32 Å². The van der Waals surface area contributed by atoms with Gasteiger partial charge in [0.2, 0.25) is 0 Å². The fourth-order valence-corrected chi connectivity index (χ4v) is 1.22. The number of hydrogen-bond acceptors (Lipinski definition) is 3. The van der Waals surface area contributed by atoms with Gasteiger partial charge in [-0.25, -0.2) is 9.37 Å². The van der Waals surface area contributed by atoms with Crippen molar-refractivity contribution in [3.05, 3.63) is 29.8 Å². The Bertz CT molecular complexity index is 327. The van der Waals surface area contributed by atoms with E-state index in [1.807, 2.05) is 0 Å². The van der Waals surface area contributed by atoms with Gasteiger partial charge in [0, 0.05) is 13.2 Å². The van der Waals surface area contributed by atoms with E-state index in [0.717, 1.165) is 25.5 Å². The second-order valence-corrected chi connectivity index (χ2v) is 3.40. The number of halogens is 1. The maximum Gasteiger partial charge on any atom is 0.269 e. The SMILES string of the molecule is O=C(NCCCCCO)c1ccc(F)cn1. The van der Waals surface area contributed by atoms with Crippen LogP contribution in [0.4, 0.5) is 4.39 Å². The third kappa shape index (κ3) is 4.35. The van der Waals surface area contributed by atoms with E-state index >= 15 is 0 Å². The number of aliphatic hydroxyl groups is 1. The van der Waals surface area contributed by atoms with Crippen LogP contribution in [0.25, 0.3) is 0 Å². The summed E-state index contributed by atoms with van der Waals surface area (Å²) in [6.45, 7) is 0.714. The highest BCUT2D eigenvalue weighted by Crippen LogP contribution is 1.98. The highest BCUT2D eigenvalue weighted by atomic mass is 19.1. The van der Waals surface area contributed by atoms with Gasteiger partial charge >= 0.3 is 0 Å². The molecule has 1 amide bonds. The summed E-state index contributed by atoms with van der Waals surface area (Å²) < 4.78 is 12.5. The van der Waals surface area contributed by atoms with E-state index in [4.69, 9.17) is 5.11 Å². The molecule has 2 N–H and O–H groups in total. The summed E-state index contributed by atoms with van der Waals surface area (Å²) in [5, 5.41) is 11.2. The fraction of sp³-hybridized carbons (Fsp3) is 0.455. The zero-order valence-corrected chi connectivity index (χ0v) is 8.95. The molecule has 0 saturated carbocycles. The Kier molecular flexibility index (Phi) is 5.42. The van der Waals surface area contributed by atoms with E-state index in [9.17, 15) is 9.18 Å². The molecule has 1 heterocycles. The molecule has 5 heteroatoms. The third-order valence-corrected chi connectivity index (χ3v) is 2.08. The van der Waals surface area contributed by atoms with Gasteiger partial charge in [-0.2, -0.15) is 0 Å². The van der Waals surface area contributed by atoms with Gasteiger partial charge in [0.05, 0.1) is 6.20 Å². The van der Waals surface area contributed by atoms with Crippen molar-refractivity contribution in [2.75, 3.05) is 13.2 Å². The zero-order valence-electron chi connectivity index (χ0n) is 8.95. The average molecular weight is 226 g/mol. The summed E-state index contributed by atoms with van der Waals surface area (Å²) in [7, 11) is 0. The first kappa shape index (κ1) is 12.6. The van der Waals surface area contributed by atoms with Crippen LogP contribution in [-0.2, 0) is 0 Å². The van der Waals surface area contributed by atoms with E-state index < -0.39 is 5.82 Å². The Hall–Kier alpha value is -1.49. The van der Waals surface area contributed by atoms with E-state index in [2.05, 4.69) is 10.3 Å². The lowest BCUT2D eigenvalue weighted by Crippen LogP contribution is -2.25. The molecule has 0 aliphatic heterocycles.